The highest BCUT2D eigenvalue weighted by Gasteiger charge is 2.48. The van der Waals surface area contributed by atoms with Crippen LogP contribution in [0.1, 0.15) is 120 Å². The van der Waals surface area contributed by atoms with Gasteiger partial charge in [-0.2, -0.15) is 4.91 Å². The molecule has 0 saturated carbocycles. The highest BCUT2D eigenvalue weighted by Crippen LogP contribution is 2.33. The lowest BCUT2D eigenvalue weighted by Crippen LogP contribution is -2.57. The van der Waals surface area contributed by atoms with E-state index in [0.29, 0.717) is 19.3 Å². The Morgan fingerprint density at radius 3 is 1.53 bits per heavy atom. The first-order valence-corrected chi connectivity index (χ1v) is 22.2. The fourth-order valence-corrected chi connectivity index (χ4v) is 7.05. The summed E-state index contributed by atoms with van der Waals surface area (Å²) in [6, 6.07) is -1.53. The molecule has 2 N–H and O–H groups in total. The standard InChI is InChI=1S/C41H66N3O17P/c1-9-13-24(5)35(48)56-20-41(21-57-36(49)25(6)14-10-2,22-58-37(50)26(7)15-11-3)23-59-38(51)27(8)18-28(12-4)39(52)55-19-29-32(44-54)33(47)34(62-42)40(60-29)61-31(46)17-16-30(45)43-53/h24-29,32-34,40,42,47H,9-23H2,1-8H3/t24?,25?,26?,27?,28?,29?,32-,33-,34?,40+,41?/m0/s1. The normalized spacial score (nSPS) is 22.0. The van der Waals surface area contributed by atoms with Gasteiger partial charge in [0.2, 0.25) is 6.29 Å². The number of amides is 1. The van der Waals surface area contributed by atoms with E-state index in [1.807, 2.05) is 20.8 Å². The lowest BCUT2D eigenvalue weighted by molar-refractivity contribution is -0.226. The first-order chi connectivity index (χ1) is 29.4. The largest absolute Gasteiger partial charge is 0.464 e. The third-order valence-electron chi connectivity index (χ3n) is 10.5. The molecular weight excluding hydrogens is 837 g/mol. The molecule has 0 aliphatic carbocycles. The highest BCUT2D eigenvalue weighted by molar-refractivity contribution is 7.26. The summed E-state index contributed by atoms with van der Waals surface area (Å²) in [6.45, 7) is 11.7. The first kappa shape index (κ1) is 55.7. The smallest absolute Gasteiger partial charge is 0.309 e. The van der Waals surface area contributed by atoms with E-state index in [1.165, 1.54) is 6.92 Å². The summed E-state index contributed by atoms with van der Waals surface area (Å²) in [6.07, 6.45) is -1.90. The van der Waals surface area contributed by atoms with Gasteiger partial charge >= 0.3 is 35.8 Å². The van der Waals surface area contributed by atoms with Gasteiger partial charge in [0.15, 0.2) is 0 Å². The Morgan fingerprint density at radius 1 is 0.694 bits per heavy atom. The van der Waals surface area contributed by atoms with E-state index >= 15 is 0 Å². The number of carbonyl (C=O) groups excluding carboxylic acids is 7. The fraction of sp³-hybridized carbons (Fsp3) is 0.829. The predicted molar refractivity (Wildman–Crippen MR) is 221 cm³/mol. The van der Waals surface area contributed by atoms with E-state index in [4.69, 9.17) is 38.3 Å². The van der Waals surface area contributed by atoms with E-state index in [2.05, 4.69) is 10.4 Å². The van der Waals surface area contributed by atoms with Gasteiger partial charge in [-0.25, -0.2) is 0 Å². The molecule has 1 saturated heterocycles. The van der Waals surface area contributed by atoms with Crippen LogP contribution in [0.5, 0.6) is 0 Å². The number of nitrogens with one attached hydrogen (secondary N) is 1. The van der Waals surface area contributed by atoms with Crippen LogP contribution in [-0.4, -0.2) is 110 Å². The summed E-state index contributed by atoms with van der Waals surface area (Å²) in [5.74, 6) is -8.53. The monoisotopic (exact) mass is 903 g/mol. The van der Waals surface area contributed by atoms with Crippen LogP contribution in [0.3, 0.4) is 0 Å². The second-order valence-corrected chi connectivity index (χ2v) is 17.0. The molecule has 20 nitrogen and oxygen atoms in total. The van der Waals surface area contributed by atoms with Gasteiger partial charge in [0.25, 0.3) is 5.91 Å². The minimum Gasteiger partial charge on any atom is -0.464 e. The van der Waals surface area contributed by atoms with Crippen molar-refractivity contribution in [3.8, 4) is 0 Å². The molecule has 21 heteroatoms. The number of nitrogens with zero attached hydrogens (tertiary/aromatic N) is 2. The van der Waals surface area contributed by atoms with Crippen molar-refractivity contribution in [3.63, 3.8) is 0 Å². The van der Waals surface area contributed by atoms with Gasteiger partial charge in [0.1, 0.15) is 62.4 Å². The molecule has 0 aromatic heterocycles. The van der Waals surface area contributed by atoms with Crippen molar-refractivity contribution in [2.75, 3.05) is 33.0 Å². The lowest BCUT2D eigenvalue weighted by Gasteiger charge is -2.39. The summed E-state index contributed by atoms with van der Waals surface area (Å²) < 4.78 is 39.1. The van der Waals surface area contributed by atoms with Gasteiger partial charge in [0.05, 0.1) is 36.0 Å². The fourth-order valence-electron chi connectivity index (χ4n) is 6.47. The van der Waals surface area contributed by atoms with E-state index in [9.17, 15) is 48.5 Å². The van der Waals surface area contributed by atoms with Gasteiger partial charge in [-0.15, -0.1) is 4.91 Å². The molecule has 0 aromatic carbocycles. The number of rotatable bonds is 30. The Kier molecular flexibility index (Phi) is 26.2. The molecule has 7 unspecified atom stereocenters. The minimum atomic E-state index is -1.65. The maximum Gasteiger partial charge on any atom is 0.309 e. The summed E-state index contributed by atoms with van der Waals surface area (Å²) in [5.41, 5.74) is -2.75. The van der Waals surface area contributed by atoms with Crippen molar-refractivity contribution in [1.82, 2.24) is 0 Å². The molecule has 0 spiro atoms. The van der Waals surface area contributed by atoms with Crippen LogP contribution in [-0.2, 0) is 66.7 Å². The highest BCUT2D eigenvalue weighted by atomic mass is 31.1. The molecule has 1 rings (SSSR count). The Morgan fingerprint density at radius 2 is 1.15 bits per heavy atom. The number of nitroso groups, excluding NO2 is 2. The molecule has 1 heterocycles. The topological polar surface area (TPSA) is 287 Å². The lowest BCUT2D eigenvalue weighted by atomic mass is 9.91. The van der Waals surface area contributed by atoms with E-state index in [-0.39, 0.29) is 21.2 Å². The number of aliphatic hydroxyl groups is 1. The summed E-state index contributed by atoms with van der Waals surface area (Å²) in [4.78, 5) is 111. The molecule has 62 heavy (non-hydrogen) atoms. The molecule has 0 aromatic rings. The molecule has 1 fully saturated rings. The van der Waals surface area contributed by atoms with Crippen molar-refractivity contribution in [2.24, 2.45) is 45.4 Å². The molecule has 1 aliphatic heterocycles. The van der Waals surface area contributed by atoms with Crippen LogP contribution in [0.15, 0.2) is 10.4 Å². The van der Waals surface area contributed by atoms with Crippen LogP contribution < -0.4 is 0 Å². The number of carbonyl (C=O) groups is 7. The van der Waals surface area contributed by atoms with Gasteiger partial charge in [0, 0.05) is 20.0 Å². The second-order valence-electron chi connectivity index (χ2n) is 16.1. The average Bonchev–Trinajstić information content (AvgIpc) is 3.25. The van der Waals surface area contributed by atoms with Crippen LogP contribution in [0.2, 0.25) is 0 Å². The Balaban J connectivity index is 3.22. The quantitative estimate of drug-likeness (QED) is 0.0363. The number of hydrogen-bond donors (Lipinski definition) is 2. The SMILES string of the molecule is CCCC(C)C(=O)OCC(COC(=O)C(C)CCC)(COC(=O)C(C)CCC)COC(=O)C(C)CC(CC)C(=O)OCC1O[C@H](OC(=O)CCC(=O)N=O)C(P=N)[C@@H](O)[C@H]1N=O. The number of aliphatic hydroxyl groups excluding tert-OH is 1. The Bertz CT molecular complexity index is 1450. The maximum atomic E-state index is 13.6. The van der Waals surface area contributed by atoms with Crippen LogP contribution in [0.25, 0.3) is 0 Å². The van der Waals surface area contributed by atoms with Crippen LogP contribution in [0.4, 0.5) is 0 Å². The van der Waals surface area contributed by atoms with Crippen molar-refractivity contribution < 1.29 is 71.8 Å². The van der Waals surface area contributed by atoms with E-state index in [0.717, 1.165) is 19.3 Å². The van der Waals surface area contributed by atoms with Crippen molar-refractivity contribution in [2.45, 2.75) is 150 Å². The molecule has 1 amide bonds. The summed E-state index contributed by atoms with van der Waals surface area (Å²) in [5, 5.41) is 23.6. The molecule has 1 aliphatic rings. The number of ether oxygens (including phenoxy) is 7. The minimum absolute atomic E-state index is 0.0877. The number of esters is 6. The molecular formula is C41H66N3O17P. The third-order valence-corrected chi connectivity index (χ3v) is 11.4. The Hall–Kier alpha value is -4.29. The molecule has 0 bridgehead atoms. The van der Waals surface area contributed by atoms with Crippen molar-refractivity contribution in [1.29, 1.82) is 5.16 Å². The van der Waals surface area contributed by atoms with Crippen molar-refractivity contribution in [3.05, 3.63) is 9.81 Å². The second kappa shape index (κ2) is 29.1. The van der Waals surface area contributed by atoms with E-state index in [1.54, 1.807) is 27.7 Å². The maximum absolute atomic E-state index is 13.6. The van der Waals surface area contributed by atoms with Gasteiger partial charge in [-0.05, 0) is 32.1 Å². The molecule has 10 atom stereocenters. The Labute approximate surface area is 364 Å². The molecule has 0 radical (unpaired) electrons. The zero-order valence-corrected chi connectivity index (χ0v) is 38.1. The zero-order valence-electron chi connectivity index (χ0n) is 37.2. The van der Waals surface area contributed by atoms with Gasteiger partial charge in [-0.3, -0.25) is 38.7 Å². The summed E-state index contributed by atoms with van der Waals surface area (Å²) >= 11 is 0. The van der Waals surface area contributed by atoms with Gasteiger partial charge < -0.3 is 38.3 Å². The van der Waals surface area contributed by atoms with Gasteiger partial charge in [-0.1, -0.05) is 79.8 Å². The summed E-state index contributed by atoms with van der Waals surface area (Å²) in [7, 11) is -0.284. The predicted octanol–water partition coefficient (Wildman–Crippen LogP) is 5.96. The van der Waals surface area contributed by atoms with Crippen molar-refractivity contribution >= 4 is 50.1 Å². The molecule has 352 valence electrons. The third kappa shape index (κ3) is 18.6. The van der Waals surface area contributed by atoms with Crippen LogP contribution >= 0.6 is 8.37 Å². The zero-order chi connectivity index (χ0) is 47.0. The van der Waals surface area contributed by atoms with Crippen LogP contribution in [0, 0.1) is 50.0 Å². The first-order valence-electron chi connectivity index (χ1n) is 21.3. The average molecular weight is 904 g/mol. The van der Waals surface area contributed by atoms with E-state index < -0.39 is 153 Å². The number of hydrogen-bond acceptors (Lipinski definition) is 19.